The molecule has 1 amide bonds. The third kappa shape index (κ3) is 5.24. The van der Waals surface area contributed by atoms with E-state index in [0.29, 0.717) is 25.6 Å². The monoisotopic (exact) mass is 578 g/mol. The van der Waals surface area contributed by atoms with Crippen molar-refractivity contribution >= 4 is 28.7 Å². The van der Waals surface area contributed by atoms with Crippen molar-refractivity contribution in [1.29, 1.82) is 0 Å². The summed E-state index contributed by atoms with van der Waals surface area (Å²) in [6.07, 6.45) is 8.72. The Labute approximate surface area is 243 Å². The van der Waals surface area contributed by atoms with Crippen molar-refractivity contribution in [3.8, 4) is 11.1 Å². The highest BCUT2D eigenvalue weighted by Crippen LogP contribution is 2.38. The first-order valence-corrected chi connectivity index (χ1v) is 15.1. The van der Waals surface area contributed by atoms with Crippen LogP contribution in [0.25, 0.3) is 16.6 Å². The molecular weight excluding hydrogens is 540 g/mol. The van der Waals surface area contributed by atoms with E-state index in [4.69, 9.17) is 9.84 Å². The molecule has 0 aromatic carbocycles. The maximum absolute atomic E-state index is 13.7. The molecule has 1 fully saturated rings. The SMILES string of the molecule is COC[C@H](C)Nc1ncc2c(-c3cnn(C(C)(C)C(=O)N4Cc5nc(C)sc5C4)c3)cc([C@H]3CC[C@H](O)CC3)n2n1. The summed E-state index contributed by atoms with van der Waals surface area (Å²) in [5, 5.41) is 24.0. The number of anilines is 1. The van der Waals surface area contributed by atoms with Crippen LogP contribution in [-0.2, 0) is 28.2 Å². The number of ether oxygens (including phenoxy) is 1. The van der Waals surface area contributed by atoms with Crippen LogP contribution in [-0.4, -0.2) is 71.1 Å². The predicted molar refractivity (Wildman–Crippen MR) is 157 cm³/mol. The Balaban J connectivity index is 1.31. The first-order valence-electron chi connectivity index (χ1n) is 14.3. The molecule has 4 aromatic rings. The van der Waals surface area contributed by atoms with E-state index in [-0.39, 0.29) is 24.0 Å². The van der Waals surface area contributed by atoms with Crippen LogP contribution in [0.2, 0.25) is 0 Å². The first-order chi connectivity index (χ1) is 19.6. The zero-order valence-electron chi connectivity index (χ0n) is 24.3. The van der Waals surface area contributed by atoms with Crippen LogP contribution in [0.4, 0.5) is 5.95 Å². The summed E-state index contributed by atoms with van der Waals surface area (Å²) in [5.41, 5.74) is 3.99. The van der Waals surface area contributed by atoms with E-state index in [2.05, 4.69) is 26.4 Å². The minimum atomic E-state index is -0.871. The van der Waals surface area contributed by atoms with E-state index < -0.39 is 5.54 Å². The number of carbonyl (C=O) groups excluding carboxylic acids is 1. The van der Waals surface area contributed by atoms with Gasteiger partial charge in [0.05, 0.1) is 54.4 Å². The van der Waals surface area contributed by atoms with Gasteiger partial charge in [0.1, 0.15) is 5.54 Å². The highest BCUT2D eigenvalue weighted by Gasteiger charge is 2.38. The molecule has 1 atom stereocenters. The van der Waals surface area contributed by atoms with Gasteiger partial charge in [-0.25, -0.2) is 14.5 Å². The minimum absolute atomic E-state index is 0.0161. The van der Waals surface area contributed by atoms with Crippen molar-refractivity contribution < 1.29 is 14.6 Å². The smallest absolute Gasteiger partial charge is 0.250 e. The number of thiazole rings is 1. The van der Waals surface area contributed by atoms with E-state index in [0.717, 1.165) is 58.7 Å². The maximum atomic E-state index is 13.7. The molecule has 2 N–H and O–H groups in total. The van der Waals surface area contributed by atoms with Crippen LogP contribution in [0, 0.1) is 6.92 Å². The summed E-state index contributed by atoms with van der Waals surface area (Å²) < 4.78 is 9.01. The molecule has 4 aromatic heterocycles. The van der Waals surface area contributed by atoms with Gasteiger partial charge in [-0.15, -0.1) is 16.4 Å². The minimum Gasteiger partial charge on any atom is -0.393 e. The summed E-state index contributed by atoms with van der Waals surface area (Å²) in [6, 6.07) is 2.23. The van der Waals surface area contributed by atoms with Gasteiger partial charge in [0, 0.05) is 47.0 Å². The topological polar surface area (TPSA) is 123 Å². The van der Waals surface area contributed by atoms with E-state index >= 15 is 0 Å². The van der Waals surface area contributed by atoms with Gasteiger partial charge >= 0.3 is 0 Å². The van der Waals surface area contributed by atoms with Crippen molar-refractivity contribution in [3.63, 3.8) is 0 Å². The van der Waals surface area contributed by atoms with Crippen molar-refractivity contribution in [1.82, 2.24) is 34.3 Å². The molecule has 0 saturated heterocycles. The molecule has 11 nitrogen and oxygen atoms in total. The van der Waals surface area contributed by atoms with Gasteiger partial charge in [-0.3, -0.25) is 9.48 Å². The Bertz CT molecular complexity index is 1540. The molecule has 12 heteroatoms. The molecule has 0 bridgehead atoms. The van der Waals surface area contributed by atoms with E-state index in [9.17, 15) is 9.90 Å². The molecule has 0 unspecified atom stereocenters. The first kappa shape index (κ1) is 27.8. The van der Waals surface area contributed by atoms with Gasteiger partial charge in [0.15, 0.2) is 0 Å². The lowest BCUT2D eigenvalue weighted by atomic mass is 9.85. The molecule has 2 aliphatic rings. The summed E-state index contributed by atoms with van der Waals surface area (Å²) in [4.78, 5) is 25.9. The Morgan fingerprint density at radius 1 is 1.24 bits per heavy atom. The van der Waals surface area contributed by atoms with Gasteiger partial charge in [0.25, 0.3) is 5.91 Å². The molecule has 6 rings (SSSR count). The highest BCUT2D eigenvalue weighted by molar-refractivity contribution is 7.11. The summed E-state index contributed by atoms with van der Waals surface area (Å²) in [7, 11) is 1.67. The number of carbonyl (C=O) groups is 1. The second-order valence-corrected chi connectivity index (χ2v) is 13.2. The summed E-state index contributed by atoms with van der Waals surface area (Å²) >= 11 is 1.66. The molecule has 1 saturated carbocycles. The van der Waals surface area contributed by atoms with E-state index in [1.54, 1.807) is 23.1 Å². The van der Waals surface area contributed by atoms with Gasteiger partial charge in [-0.05, 0) is 59.4 Å². The Morgan fingerprint density at radius 2 is 2.02 bits per heavy atom. The molecule has 0 spiro atoms. The lowest BCUT2D eigenvalue weighted by molar-refractivity contribution is -0.140. The standard InChI is InChI=1S/C29H38N8O3S/c1-17(16-40-5)32-28-30-12-25-22(10-24(37(25)34-28)19-6-8-21(38)9-7-19)20-11-31-36(13-20)29(3,4)27(39)35-14-23-26(15-35)41-18(2)33-23/h10-13,17,19,21,38H,6-9,14-16H2,1-5H3,(H,32,34)/t17-,19-,21-/m0/s1. The molecule has 0 radical (unpaired) electrons. The van der Waals surface area contributed by atoms with Gasteiger partial charge in [-0.2, -0.15) is 5.10 Å². The number of aromatic nitrogens is 6. The van der Waals surface area contributed by atoms with Gasteiger partial charge < -0.3 is 20.1 Å². The fourth-order valence-corrected chi connectivity index (χ4v) is 7.01. The third-order valence-electron chi connectivity index (χ3n) is 8.29. The number of aliphatic hydroxyl groups is 1. The van der Waals surface area contributed by atoms with Crippen LogP contribution >= 0.6 is 11.3 Å². The van der Waals surface area contributed by atoms with Crippen LogP contribution in [0.3, 0.4) is 0 Å². The Hall–Kier alpha value is -3.35. The zero-order chi connectivity index (χ0) is 28.9. The van der Waals surface area contributed by atoms with Crippen molar-refractivity contribution in [2.45, 2.75) is 90.1 Å². The Morgan fingerprint density at radius 3 is 2.76 bits per heavy atom. The average molecular weight is 579 g/mol. The zero-order valence-corrected chi connectivity index (χ0v) is 25.1. The number of rotatable bonds is 8. The van der Waals surface area contributed by atoms with Crippen LogP contribution in [0.5, 0.6) is 0 Å². The molecule has 218 valence electrons. The molecule has 5 heterocycles. The number of nitrogens with zero attached hydrogens (tertiary/aromatic N) is 7. The molecule has 1 aliphatic heterocycles. The quantitative estimate of drug-likeness (QED) is 0.320. The number of hydrogen-bond acceptors (Lipinski definition) is 9. The fourth-order valence-electron chi connectivity index (χ4n) is 6.05. The van der Waals surface area contributed by atoms with Crippen molar-refractivity contribution in [2.24, 2.45) is 0 Å². The lowest BCUT2D eigenvalue weighted by Gasteiger charge is -2.29. The lowest BCUT2D eigenvalue weighted by Crippen LogP contribution is -2.45. The highest BCUT2D eigenvalue weighted by atomic mass is 32.1. The van der Waals surface area contributed by atoms with Crippen LogP contribution in [0.15, 0.2) is 24.7 Å². The summed E-state index contributed by atoms with van der Waals surface area (Å²) in [6.45, 7) is 9.53. The van der Waals surface area contributed by atoms with E-state index in [1.807, 2.05) is 55.7 Å². The number of hydrogen-bond donors (Lipinski definition) is 2. The number of methoxy groups -OCH3 is 1. The maximum Gasteiger partial charge on any atom is 0.250 e. The largest absolute Gasteiger partial charge is 0.393 e. The third-order valence-corrected chi connectivity index (χ3v) is 9.29. The number of nitrogens with one attached hydrogen (secondary N) is 1. The van der Waals surface area contributed by atoms with Gasteiger partial charge in [-0.1, -0.05) is 0 Å². The molecular formula is C29H38N8O3S. The second-order valence-electron chi connectivity index (χ2n) is 11.9. The predicted octanol–water partition coefficient (Wildman–Crippen LogP) is 4.10. The normalized spacial score (nSPS) is 20.0. The summed E-state index contributed by atoms with van der Waals surface area (Å²) in [5.74, 6) is 0.829. The fraction of sp³-hybridized carbons (Fsp3) is 0.552. The van der Waals surface area contributed by atoms with Crippen molar-refractivity contribution in [3.05, 3.63) is 45.9 Å². The average Bonchev–Trinajstić information content (AvgIpc) is 3.71. The Kier molecular flexibility index (Phi) is 7.33. The molecule has 41 heavy (non-hydrogen) atoms. The van der Waals surface area contributed by atoms with E-state index in [1.165, 1.54) is 4.88 Å². The van der Waals surface area contributed by atoms with Crippen LogP contribution < -0.4 is 5.32 Å². The van der Waals surface area contributed by atoms with Gasteiger partial charge in [0.2, 0.25) is 5.95 Å². The number of aliphatic hydroxyl groups excluding tert-OH is 1. The number of fused-ring (bicyclic) bond motifs is 2. The number of aryl methyl sites for hydroxylation is 1. The molecule has 1 aliphatic carbocycles. The van der Waals surface area contributed by atoms with Crippen LogP contribution in [0.1, 0.15) is 73.6 Å². The second kappa shape index (κ2) is 10.8. The van der Waals surface area contributed by atoms with Crippen molar-refractivity contribution in [2.75, 3.05) is 19.0 Å². The number of amides is 1.